The van der Waals surface area contributed by atoms with Crippen LogP contribution in [-0.2, 0) is 18.3 Å². The standard InChI is InChI=1S/C7H16NO4PS/c1-10-13(9,11-2)14-7-8-3-5-12-6-4-8/h3-7H2,1-2H3. The van der Waals surface area contributed by atoms with Crippen LogP contribution in [0.4, 0.5) is 0 Å². The SMILES string of the molecule is COP(=O)(OC)SCN1CCOCC1. The van der Waals surface area contributed by atoms with Crippen molar-refractivity contribution in [3.05, 3.63) is 0 Å². The van der Waals surface area contributed by atoms with Crippen molar-refractivity contribution >= 4 is 18.2 Å². The fourth-order valence-electron chi connectivity index (χ4n) is 1.06. The normalized spacial score (nSPS) is 19.9. The Bertz CT molecular complexity index is 202. The molecule has 0 aromatic carbocycles. The van der Waals surface area contributed by atoms with Crippen molar-refractivity contribution in [2.24, 2.45) is 0 Å². The van der Waals surface area contributed by atoms with Crippen LogP contribution in [0.1, 0.15) is 0 Å². The predicted molar refractivity (Wildman–Crippen MR) is 56.5 cm³/mol. The summed E-state index contributed by atoms with van der Waals surface area (Å²) in [7, 11) is 2.80. The quantitative estimate of drug-likeness (QED) is 0.678. The summed E-state index contributed by atoms with van der Waals surface area (Å²) >= 11 is 1.21. The van der Waals surface area contributed by atoms with Crippen LogP contribution < -0.4 is 0 Å². The molecule has 1 fully saturated rings. The van der Waals surface area contributed by atoms with Crippen molar-refractivity contribution in [2.75, 3.05) is 46.4 Å². The summed E-state index contributed by atoms with van der Waals surface area (Å²) in [5, 5.41) is 0. The van der Waals surface area contributed by atoms with E-state index in [-0.39, 0.29) is 0 Å². The number of morpholine rings is 1. The third-order valence-corrected chi connectivity index (χ3v) is 5.83. The maximum Gasteiger partial charge on any atom is 0.389 e. The lowest BCUT2D eigenvalue weighted by molar-refractivity contribution is 0.0474. The van der Waals surface area contributed by atoms with E-state index >= 15 is 0 Å². The zero-order valence-corrected chi connectivity index (χ0v) is 10.2. The van der Waals surface area contributed by atoms with E-state index in [0.717, 1.165) is 26.3 Å². The number of hydrogen-bond acceptors (Lipinski definition) is 6. The van der Waals surface area contributed by atoms with Gasteiger partial charge >= 0.3 is 6.80 Å². The molecule has 0 radical (unpaired) electrons. The third kappa shape index (κ3) is 3.88. The van der Waals surface area contributed by atoms with Gasteiger partial charge in [-0.3, -0.25) is 4.90 Å². The number of ether oxygens (including phenoxy) is 1. The van der Waals surface area contributed by atoms with Gasteiger partial charge in [-0.2, -0.15) is 0 Å². The second-order valence-electron chi connectivity index (χ2n) is 2.80. The Hall–Kier alpha value is 0.420. The van der Waals surface area contributed by atoms with E-state index in [9.17, 15) is 4.57 Å². The lowest BCUT2D eigenvalue weighted by Crippen LogP contribution is -2.35. The lowest BCUT2D eigenvalue weighted by atomic mass is 10.5. The van der Waals surface area contributed by atoms with Gasteiger partial charge < -0.3 is 13.8 Å². The topological polar surface area (TPSA) is 48.0 Å². The highest BCUT2D eigenvalue weighted by molar-refractivity contribution is 8.55. The van der Waals surface area contributed by atoms with Gasteiger partial charge in [-0.1, -0.05) is 0 Å². The van der Waals surface area contributed by atoms with Gasteiger partial charge in [-0.25, -0.2) is 4.57 Å². The summed E-state index contributed by atoms with van der Waals surface area (Å²) in [6.45, 7) is 0.319. The highest BCUT2D eigenvalue weighted by Gasteiger charge is 2.23. The largest absolute Gasteiger partial charge is 0.389 e. The van der Waals surface area contributed by atoms with E-state index in [1.165, 1.54) is 25.6 Å². The predicted octanol–water partition coefficient (Wildman–Crippen LogP) is 1.41. The van der Waals surface area contributed by atoms with Gasteiger partial charge in [-0.05, 0) is 11.4 Å². The molecule has 1 aliphatic rings. The molecule has 0 spiro atoms. The Labute approximate surface area is 88.4 Å². The van der Waals surface area contributed by atoms with Crippen LogP contribution >= 0.6 is 18.2 Å². The molecule has 1 saturated heterocycles. The smallest absolute Gasteiger partial charge is 0.379 e. The molecule has 1 heterocycles. The van der Waals surface area contributed by atoms with E-state index in [2.05, 4.69) is 4.90 Å². The van der Waals surface area contributed by atoms with E-state index in [1.807, 2.05) is 0 Å². The van der Waals surface area contributed by atoms with Crippen LogP contribution in [0.2, 0.25) is 0 Å². The van der Waals surface area contributed by atoms with Gasteiger partial charge in [0.1, 0.15) is 0 Å². The summed E-state index contributed by atoms with van der Waals surface area (Å²) in [6.07, 6.45) is 0. The second-order valence-corrected chi connectivity index (χ2v) is 7.06. The van der Waals surface area contributed by atoms with Crippen molar-refractivity contribution < 1.29 is 18.3 Å². The van der Waals surface area contributed by atoms with Crippen molar-refractivity contribution in [1.82, 2.24) is 4.90 Å². The van der Waals surface area contributed by atoms with Crippen molar-refractivity contribution in [3.8, 4) is 0 Å². The Morgan fingerprint density at radius 3 is 2.43 bits per heavy atom. The Balaban J connectivity index is 2.27. The fourth-order valence-corrected chi connectivity index (χ4v) is 3.53. The minimum absolute atomic E-state index is 0.655. The molecule has 1 aliphatic heterocycles. The van der Waals surface area contributed by atoms with Crippen molar-refractivity contribution in [2.45, 2.75) is 0 Å². The van der Waals surface area contributed by atoms with E-state index < -0.39 is 6.80 Å². The van der Waals surface area contributed by atoms with Crippen LogP contribution in [0.5, 0.6) is 0 Å². The molecule has 5 nitrogen and oxygen atoms in total. The first-order chi connectivity index (χ1) is 6.70. The zero-order valence-electron chi connectivity index (χ0n) is 8.47. The van der Waals surface area contributed by atoms with Gasteiger partial charge in [0.25, 0.3) is 0 Å². The van der Waals surface area contributed by atoms with Crippen LogP contribution in [0, 0.1) is 0 Å². The minimum atomic E-state index is -2.91. The van der Waals surface area contributed by atoms with Crippen LogP contribution in [0.15, 0.2) is 0 Å². The maximum atomic E-state index is 11.7. The first-order valence-electron chi connectivity index (χ1n) is 4.36. The molecule has 0 aromatic rings. The van der Waals surface area contributed by atoms with E-state index in [4.69, 9.17) is 13.8 Å². The number of hydrogen-bond donors (Lipinski definition) is 0. The molecule has 0 aliphatic carbocycles. The number of nitrogens with zero attached hydrogens (tertiary/aromatic N) is 1. The Kier molecular flexibility index (Phi) is 5.44. The van der Waals surface area contributed by atoms with Crippen molar-refractivity contribution in [1.29, 1.82) is 0 Å². The molecule has 1 rings (SSSR count). The summed E-state index contributed by atoms with van der Waals surface area (Å²) in [6, 6.07) is 0. The molecule has 0 aromatic heterocycles. The molecule has 0 N–H and O–H groups in total. The summed E-state index contributed by atoms with van der Waals surface area (Å²) < 4.78 is 26.5. The number of rotatable bonds is 5. The van der Waals surface area contributed by atoms with Gasteiger partial charge in [0, 0.05) is 27.3 Å². The Morgan fingerprint density at radius 1 is 1.36 bits per heavy atom. The zero-order chi connectivity index (χ0) is 10.4. The second kappa shape index (κ2) is 6.10. The van der Waals surface area contributed by atoms with Gasteiger partial charge in [0.05, 0.1) is 19.1 Å². The molecule has 14 heavy (non-hydrogen) atoms. The molecular weight excluding hydrogens is 225 g/mol. The average Bonchev–Trinajstić information content (AvgIpc) is 2.27. The van der Waals surface area contributed by atoms with Crippen LogP contribution in [0.25, 0.3) is 0 Å². The summed E-state index contributed by atoms with van der Waals surface area (Å²) in [5.41, 5.74) is 0. The highest BCUT2D eigenvalue weighted by Crippen LogP contribution is 2.59. The van der Waals surface area contributed by atoms with Crippen LogP contribution in [-0.4, -0.2) is 51.3 Å². The third-order valence-electron chi connectivity index (χ3n) is 1.95. The Morgan fingerprint density at radius 2 is 1.93 bits per heavy atom. The molecule has 7 heteroatoms. The molecule has 0 saturated carbocycles. The lowest BCUT2D eigenvalue weighted by Gasteiger charge is -2.26. The van der Waals surface area contributed by atoms with Crippen LogP contribution in [0.3, 0.4) is 0 Å². The molecule has 0 unspecified atom stereocenters. The molecule has 0 atom stereocenters. The molecule has 0 amide bonds. The van der Waals surface area contributed by atoms with Gasteiger partial charge in [0.2, 0.25) is 0 Å². The highest BCUT2D eigenvalue weighted by atomic mass is 32.7. The van der Waals surface area contributed by atoms with E-state index in [0.29, 0.717) is 5.88 Å². The summed E-state index contributed by atoms with van der Waals surface area (Å²) in [4.78, 5) is 2.17. The fraction of sp³-hybridized carbons (Fsp3) is 1.00. The molecular formula is C7H16NO4PS. The molecule has 0 bridgehead atoms. The van der Waals surface area contributed by atoms with Gasteiger partial charge in [-0.15, -0.1) is 0 Å². The minimum Gasteiger partial charge on any atom is -0.379 e. The summed E-state index contributed by atoms with van der Waals surface area (Å²) in [5.74, 6) is 0.655. The van der Waals surface area contributed by atoms with Crippen molar-refractivity contribution in [3.63, 3.8) is 0 Å². The monoisotopic (exact) mass is 241 g/mol. The van der Waals surface area contributed by atoms with Gasteiger partial charge in [0.15, 0.2) is 0 Å². The first kappa shape index (κ1) is 12.5. The first-order valence-corrected chi connectivity index (χ1v) is 7.49. The maximum absolute atomic E-state index is 11.7. The van der Waals surface area contributed by atoms with E-state index in [1.54, 1.807) is 0 Å². The average molecular weight is 241 g/mol. The molecule has 84 valence electrons.